The van der Waals surface area contributed by atoms with Gasteiger partial charge in [-0.1, -0.05) is 18.2 Å². The number of aromatic nitrogens is 2. The molecule has 2 heterocycles. The van der Waals surface area contributed by atoms with Crippen LogP contribution in [0.15, 0.2) is 36.5 Å². The molecule has 1 aromatic carbocycles. The predicted molar refractivity (Wildman–Crippen MR) is 87.7 cm³/mol. The number of hydrogen-bond acceptors (Lipinski definition) is 4. The first-order valence-corrected chi connectivity index (χ1v) is 7.90. The van der Waals surface area contributed by atoms with Crippen molar-refractivity contribution >= 4 is 11.8 Å². The second-order valence-corrected chi connectivity index (χ2v) is 5.69. The number of para-hydroxylation sites is 1. The average molecular weight is 328 g/mol. The molecule has 126 valence electrons. The number of imidazole rings is 1. The Bertz CT molecular complexity index is 706. The van der Waals surface area contributed by atoms with Crippen molar-refractivity contribution in [3.8, 4) is 5.75 Å². The van der Waals surface area contributed by atoms with Crippen molar-refractivity contribution in [3.63, 3.8) is 0 Å². The van der Waals surface area contributed by atoms with Gasteiger partial charge in [-0.15, -0.1) is 0 Å². The fourth-order valence-corrected chi connectivity index (χ4v) is 2.58. The van der Waals surface area contributed by atoms with Gasteiger partial charge in [-0.25, -0.2) is 4.98 Å². The maximum Gasteiger partial charge on any atom is 0.289 e. The third kappa shape index (κ3) is 3.73. The predicted octanol–water partition coefficient (Wildman–Crippen LogP) is 1.08. The maximum absolute atomic E-state index is 12.3. The minimum Gasteiger partial charge on any atom is -0.484 e. The van der Waals surface area contributed by atoms with Crippen LogP contribution in [0.25, 0.3) is 0 Å². The van der Waals surface area contributed by atoms with Gasteiger partial charge in [0.05, 0.1) is 0 Å². The van der Waals surface area contributed by atoms with Crippen LogP contribution < -0.4 is 4.74 Å². The number of nitrogens with zero attached hydrogens (tertiary/aromatic N) is 3. The van der Waals surface area contributed by atoms with Gasteiger partial charge >= 0.3 is 0 Å². The molecule has 1 saturated heterocycles. The number of amides is 2. The summed E-state index contributed by atoms with van der Waals surface area (Å²) < 4.78 is 5.48. The molecule has 0 spiro atoms. The van der Waals surface area contributed by atoms with Crippen molar-refractivity contribution < 1.29 is 14.3 Å². The molecule has 1 aromatic heterocycles. The van der Waals surface area contributed by atoms with Crippen LogP contribution in [-0.2, 0) is 4.79 Å². The van der Waals surface area contributed by atoms with E-state index in [2.05, 4.69) is 9.97 Å². The quantitative estimate of drug-likeness (QED) is 0.911. The Labute approximate surface area is 140 Å². The van der Waals surface area contributed by atoms with Crippen molar-refractivity contribution in [2.75, 3.05) is 32.8 Å². The number of nitrogens with one attached hydrogen (secondary N) is 1. The van der Waals surface area contributed by atoms with Gasteiger partial charge in [-0.2, -0.15) is 0 Å². The van der Waals surface area contributed by atoms with Gasteiger partial charge in [0.25, 0.3) is 11.8 Å². The Hall–Kier alpha value is -2.83. The van der Waals surface area contributed by atoms with Gasteiger partial charge in [0.1, 0.15) is 5.75 Å². The van der Waals surface area contributed by atoms with E-state index in [-0.39, 0.29) is 18.4 Å². The van der Waals surface area contributed by atoms with E-state index in [0.717, 1.165) is 5.69 Å². The van der Waals surface area contributed by atoms with Crippen LogP contribution in [0.4, 0.5) is 0 Å². The molecule has 0 saturated carbocycles. The summed E-state index contributed by atoms with van der Waals surface area (Å²) in [6.07, 6.45) is 1.63. The number of benzene rings is 1. The monoisotopic (exact) mass is 328 g/mol. The molecule has 2 aromatic rings. The summed E-state index contributed by atoms with van der Waals surface area (Å²) in [7, 11) is 0. The Morgan fingerprint density at radius 2 is 1.79 bits per heavy atom. The third-order valence-corrected chi connectivity index (χ3v) is 3.93. The fourth-order valence-electron chi connectivity index (χ4n) is 2.58. The van der Waals surface area contributed by atoms with Crippen molar-refractivity contribution in [3.05, 3.63) is 48.0 Å². The summed E-state index contributed by atoms with van der Waals surface area (Å²) in [5, 5.41) is 0. The average Bonchev–Trinajstić information content (AvgIpc) is 3.06. The second-order valence-electron chi connectivity index (χ2n) is 5.69. The zero-order chi connectivity index (χ0) is 16.9. The first-order valence-electron chi connectivity index (χ1n) is 7.90. The number of hydrogen-bond donors (Lipinski definition) is 1. The topological polar surface area (TPSA) is 78.5 Å². The first-order chi connectivity index (χ1) is 11.6. The van der Waals surface area contributed by atoms with E-state index in [0.29, 0.717) is 37.8 Å². The maximum atomic E-state index is 12.3. The molecule has 1 aliphatic rings. The molecule has 7 nitrogen and oxygen atoms in total. The smallest absolute Gasteiger partial charge is 0.289 e. The van der Waals surface area contributed by atoms with Crippen molar-refractivity contribution in [1.29, 1.82) is 0 Å². The zero-order valence-corrected chi connectivity index (χ0v) is 13.6. The number of rotatable bonds is 4. The molecule has 0 bridgehead atoms. The first kappa shape index (κ1) is 16.0. The van der Waals surface area contributed by atoms with Crippen LogP contribution in [0.3, 0.4) is 0 Å². The number of H-pyrrole nitrogens is 1. The van der Waals surface area contributed by atoms with E-state index in [9.17, 15) is 9.59 Å². The van der Waals surface area contributed by atoms with Crippen LogP contribution >= 0.6 is 0 Å². The van der Waals surface area contributed by atoms with Gasteiger partial charge in [0.15, 0.2) is 12.4 Å². The van der Waals surface area contributed by atoms with Gasteiger partial charge in [0.2, 0.25) is 0 Å². The minimum absolute atomic E-state index is 0.00926. The van der Waals surface area contributed by atoms with Crippen molar-refractivity contribution in [2.45, 2.75) is 6.92 Å². The number of piperazine rings is 1. The highest BCUT2D eigenvalue weighted by atomic mass is 16.5. The molecular weight excluding hydrogens is 308 g/mol. The largest absolute Gasteiger partial charge is 0.484 e. The number of ether oxygens (including phenoxy) is 1. The molecular formula is C17H20N4O3. The molecule has 1 aliphatic heterocycles. The van der Waals surface area contributed by atoms with E-state index in [1.165, 1.54) is 0 Å². The van der Waals surface area contributed by atoms with Gasteiger partial charge in [0, 0.05) is 38.1 Å². The number of carbonyl (C=O) groups is 2. The summed E-state index contributed by atoms with van der Waals surface area (Å²) in [4.78, 5) is 34.9. The van der Waals surface area contributed by atoms with Crippen LogP contribution in [0, 0.1) is 6.92 Å². The molecule has 0 unspecified atom stereocenters. The summed E-state index contributed by atoms with van der Waals surface area (Å²) in [5.74, 6) is 0.822. The Morgan fingerprint density at radius 1 is 1.12 bits per heavy atom. The highest BCUT2D eigenvalue weighted by Crippen LogP contribution is 2.10. The van der Waals surface area contributed by atoms with Crippen molar-refractivity contribution in [1.82, 2.24) is 19.8 Å². The molecule has 0 aliphatic carbocycles. The lowest BCUT2D eigenvalue weighted by molar-refractivity contribution is -0.134. The summed E-state index contributed by atoms with van der Waals surface area (Å²) >= 11 is 0. The van der Waals surface area contributed by atoms with E-state index in [1.807, 2.05) is 37.3 Å². The Kier molecular flexibility index (Phi) is 4.79. The number of aryl methyl sites for hydroxylation is 1. The summed E-state index contributed by atoms with van der Waals surface area (Å²) in [5.41, 5.74) is 0.852. The molecule has 7 heteroatoms. The molecule has 1 N–H and O–H groups in total. The van der Waals surface area contributed by atoms with Crippen LogP contribution in [0.2, 0.25) is 0 Å². The Balaban J connectivity index is 1.47. The van der Waals surface area contributed by atoms with Crippen LogP contribution in [0.1, 0.15) is 16.3 Å². The Morgan fingerprint density at radius 3 is 2.42 bits per heavy atom. The normalized spacial score (nSPS) is 14.5. The second kappa shape index (κ2) is 7.16. The molecule has 2 amide bonds. The summed E-state index contributed by atoms with van der Waals surface area (Å²) in [6.45, 7) is 3.86. The highest BCUT2D eigenvalue weighted by molar-refractivity contribution is 5.90. The van der Waals surface area contributed by atoms with E-state index in [1.54, 1.807) is 16.0 Å². The van der Waals surface area contributed by atoms with E-state index < -0.39 is 0 Å². The van der Waals surface area contributed by atoms with Gasteiger partial charge in [-0.05, 0) is 19.1 Å². The van der Waals surface area contributed by atoms with Gasteiger partial charge in [-0.3, -0.25) is 9.59 Å². The lowest BCUT2D eigenvalue weighted by Crippen LogP contribution is -2.51. The van der Waals surface area contributed by atoms with E-state index >= 15 is 0 Å². The number of carbonyl (C=O) groups excluding carboxylic acids is 2. The SMILES string of the molecule is Cc1cnc(C(=O)N2CCN(C(=O)COc3ccccc3)CC2)[nH]1. The molecule has 0 atom stereocenters. The summed E-state index contributed by atoms with van der Waals surface area (Å²) in [6, 6.07) is 9.25. The third-order valence-electron chi connectivity index (χ3n) is 3.93. The minimum atomic E-state index is -0.129. The lowest BCUT2D eigenvalue weighted by atomic mass is 10.3. The number of aromatic amines is 1. The molecule has 1 fully saturated rings. The lowest BCUT2D eigenvalue weighted by Gasteiger charge is -2.34. The standard InChI is InChI=1S/C17H20N4O3/c1-13-11-18-16(19-13)17(23)21-9-7-20(8-10-21)15(22)12-24-14-5-3-2-4-6-14/h2-6,11H,7-10,12H2,1H3,(H,18,19). The molecule has 24 heavy (non-hydrogen) atoms. The fraction of sp³-hybridized carbons (Fsp3) is 0.353. The van der Waals surface area contributed by atoms with E-state index in [4.69, 9.17) is 4.74 Å². The van der Waals surface area contributed by atoms with Crippen LogP contribution in [0.5, 0.6) is 5.75 Å². The zero-order valence-electron chi connectivity index (χ0n) is 13.6. The molecule has 3 rings (SSSR count). The highest BCUT2D eigenvalue weighted by Gasteiger charge is 2.26. The molecule has 0 radical (unpaired) electrons. The van der Waals surface area contributed by atoms with Crippen molar-refractivity contribution in [2.24, 2.45) is 0 Å². The van der Waals surface area contributed by atoms with Gasteiger partial charge < -0.3 is 19.5 Å². The van der Waals surface area contributed by atoms with Crippen LogP contribution in [-0.4, -0.2) is 64.4 Å².